The molecule has 3 rings (SSSR count). The van der Waals surface area contributed by atoms with Crippen molar-refractivity contribution >= 4 is 5.91 Å². The summed E-state index contributed by atoms with van der Waals surface area (Å²) in [5.41, 5.74) is 2.09. The Bertz CT molecular complexity index is 703. The highest BCUT2D eigenvalue weighted by Crippen LogP contribution is 2.14. The van der Waals surface area contributed by atoms with Crippen LogP contribution in [0.1, 0.15) is 34.5 Å². The highest BCUT2D eigenvalue weighted by Gasteiger charge is 2.22. The highest BCUT2D eigenvalue weighted by molar-refractivity contribution is 5.93. The predicted molar refractivity (Wildman–Crippen MR) is 85.5 cm³/mol. The third-order valence-electron chi connectivity index (χ3n) is 4.03. The van der Waals surface area contributed by atoms with Crippen molar-refractivity contribution in [2.45, 2.75) is 25.4 Å². The van der Waals surface area contributed by atoms with Crippen LogP contribution in [0.25, 0.3) is 0 Å². The van der Waals surface area contributed by atoms with Gasteiger partial charge in [0.2, 0.25) is 0 Å². The second kappa shape index (κ2) is 7.07. The first-order chi connectivity index (χ1) is 11.2. The third-order valence-corrected chi connectivity index (χ3v) is 4.03. The zero-order valence-corrected chi connectivity index (χ0v) is 12.8. The van der Waals surface area contributed by atoms with Crippen LogP contribution in [-0.4, -0.2) is 39.9 Å². The summed E-state index contributed by atoms with van der Waals surface area (Å²) in [5.74, 6) is -0.153. The van der Waals surface area contributed by atoms with Crippen molar-refractivity contribution in [2.24, 2.45) is 0 Å². The predicted octanol–water partition coefficient (Wildman–Crippen LogP) is 1.68. The van der Waals surface area contributed by atoms with Gasteiger partial charge < -0.3 is 10.3 Å². The van der Waals surface area contributed by atoms with Gasteiger partial charge in [-0.15, -0.1) is 0 Å². The summed E-state index contributed by atoms with van der Waals surface area (Å²) < 4.78 is 0. The molecule has 6 heteroatoms. The number of piperidine rings is 1. The maximum Gasteiger partial charge on any atom is 0.267 e. The molecule has 0 bridgehead atoms. The molecule has 3 heterocycles. The molecule has 1 unspecified atom stereocenters. The molecule has 1 aliphatic heterocycles. The Balaban J connectivity index is 1.56. The number of rotatable bonds is 4. The summed E-state index contributed by atoms with van der Waals surface area (Å²) in [5, 5.41) is 11.9. The van der Waals surface area contributed by atoms with Gasteiger partial charge >= 0.3 is 0 Å². The molecule has 1 saturated heterocycles. The van der Waals surface area contributed by atoms with Crippen LogP contribution >= 0.6 is 0 Å². The molecule has 1 aliphatic rings. The molecule has 0 aromatic carbocycles. The summed E-state index contributed by atoms with van der Waals surface area (Å²) in [6, 6.07) is 7.72. The smallest absolute Gasteiger partial charge is 0.267 e. The van der Waals surface area contributed by atoms with E-state index in [1.54, 1.807) is 18.5 Å². The quantitative estimate of drug-likeness (QED) is 0.900. The van der Waals surface area contributed by atoms with E-state index in [1.807, 2.05) is 18.3 Å². The first-order valence-corrected chi connectivity index (χ1v) is 7.75. The standard InChI is InChI=1S/C17H19N5O/c18-8-14-7-16(20-10-14)17(23)21-15-4-2-6-22(12-15)11-13-3-1-5-19-9-13/h1,3,5,7,9-10,15,20H,2,4,6,11-12H2,(H,21,23). The molecule has 23 heavy (non-hydrogen) atoms. The molecule has 1 amide bonds. The maximum atomic E-state index is 12.2. The van der Waals surface area contributed by atoms with E-state index in [1.165, 1.54) is 5.56 Å². The highest BCUT2D eigenvalue weighted by atomic mass is 16.1. The second-order valence-corrected chi connectivity index (χ2v) is 5.82. The third kappa shape index (κ3) is 3.96. The topological polar surface area (TPSA) is 84.8 Å². The van der Waals surface area contributed by atoms with Gasteiger partial charge in [-0.3, -0.25) is 14.7 Å². The van der Waals surface area contributed by atoms with Crippen LogP contribution in [0.15, 0.2) is 36.8 Å². The fourth-order valence-corrected chi connectivity index (χ4v) is 2.92. The Kier molecular flexibility index (Phi) is 4.69. The number of hydrogen-bond donors (Lipinski definition) is 2. The van der Waals surface area contributed by atoms with Crippen LogP contribution in [0.5, 0.6) is 0 Å². The maximum absolute atomic E-state index is 12.2. The Morgan fingerprint density at radius 2 is 2.48 bits per heavy atom. The van der Waals surface area contributed by atoms with Crippen LogP contribution in [0.4, 0.5) is 0 Å². The fourth-order valence-electron chi connectivity index (χ4n) is 2.92. The SMILES string of the molecule is N#Cc1c[nH]c(C(=O)NC2CCCN(Cc3cccnc3)C2)c1. The van der Waals surface area contributed by atoms with Crippen molar-refractivity contribution in [2.75, 3.05) is 13.1 Å². The van der Waals surface area contributed by atoms with Gasteiger partial charge in [0, 0.05) is 37.7 Å². The van der Waals surface area contributed by atoms with E-state index in [0.29, 0.717) is 11.3 Å². The number of aromatic amines is 1. The molecular weight excluding hydrogens is 290 g/mol. The molecule has 0 saturated carbocycles. The zero-order valence-electron chi connectivity index (χ0n) is 12.8. The average molecular weight is 309 g/mol. The van der Waals surface area contributed by atoms with Crippen LogP contribution < -0.4 is 5.32 Å². The van der Waals surface area contributed by atoms with Crippen molar-refractivity contribution in [1.29, 1.82) is 5.26 Å². The van der Waals surface area contributed by atoms with Crippen LogP contribution in [0.2, 0.25) is 0 Å². The van der Waals surface area contributed by atoms with Gasteiger partial charge in [-0.05, 0) is 37.1 Å². The van der Waals surface area contributed by atoms with E-state index in [-0.39, 0.29) is 11.9 Å². The van der Waals surface area contributed by atoms with Crippen molar-refractivity contribution < 1.29 is 4.79 Å². The minimum atomic E-state index is -0.153. The lowest BCUT2D eigenvalue weighted by atomic mass is 10.0. The monoisotopic (exact) mass is 309 g/mol. The first-order valence-electron chi connectivity index (χ1n) is 7.75. The van der Waals surface area contributed by atoms with Gasteiger partial charge in [0.1, 0.15) is 11.8 Å². The van der Waals surface area contributed by atoms with Gasteiger partial charge in [-0.2, -0.15) is 5.26 Å². The molecule has 2 aromatic heterocycles. The van der Waals surface area contributed by atoms with E-state index >= 15 is 0 Å². The first kappa shape index (κ1) is 15.3. The van der Waals surface area contributed by atoms with Gasteiger partial charge in [0.15, 0.2) is 0 Å². The second-order valence-electron chi connectivity index (χ2n) is 5.82. The Morgan fingerprint density at radius 3 is 3.22 bits per heavy atom. The normalized spacial score (nSPS) is 18.3. The summed E-state index contributed by atoms with van der Waals surface area (Å²) in [6.07, 6.45) is 7.23. The number of amides is 1. The van der Waals surface area contributed by atoms with E-state index in [4.69, 9.17) is 5.26 Å². The summed E-state index contributed by atoms with van der Waals surface area (Å²) >= 11 is 0. The number of nitrogens with one attached hydrogen (secondary N) is 2. The van der Waals surface area contributed by atoms with Gasteiger partial charge in [0.05, 0.1) is 5.56 Å². The number of H-pyrrole nitrogens is 1. The number of hydrogen-bond acceptors (Lipinski definition) is 4. The molecule has 0 radical (unpaired) electrons. The Labute approximate surface area is 135 Å². The lowest BCUT2D eigenvalue weighted by Gasteiger charge is -2.33. The van der Waals surface area contributed by atoms with Crippen molar-refractivity contribution in [3.05, 3.63) is 53.6 Å². The lowest BCUT2D eigenvalue weighted by Crippen LogP contribution is -2.47. The van der Waals surface area contributed by atoms with E-state index < -0.39 is 0 Å². The van der Waals surface area contributed by atoms with Gasteiger partial charge in [-0.1, -0.05) is 6.07 Å². The number of carbonyl (C=O) groups excluding carboxylic acids is 1. The van der Waals surface area contributed by atoms with Crippen LogP contribution in [0.3, 0.4) is 0 Å². The van der Waals surface area contributed by atoms with E-state index in [0.717, 1.165) is 32.5 Å². The van der Waals surface area contributed by atoms with Gasteiger partial charge in [-0.25, -0.2) is 0 Å². The molecule has 1 atom stereocenters. The summed E-state index contributed by atoms with van der Waals surface area (Å²) in [4.78, 5) is 21.5. The van der Waals surface area contributed by atoms with Crippen molar-refractivity contribution in [1.82, 2.24) is 20.2 Å². The Morgan fingerprint density at radius 1 is 1.57 bits per heavy atom. The largest absolute Gasteiger partial charge is 0.356 e. The Hall–Kier alpha value is -2.65. The number of pyridine rings is 1. The number of likely N-dealkylation sites (tertiary alicyclic amines) is 1. The number of carbonyl (C=O) groups is 1. The van der Waals surface area contributed by atoms with E-state index in [2.05, 4.69) is 26.3 Å². The molecule has 0 spiro atoms. The average Bonchev–Trinajstić information content (AvgIpc) is 3.05. The minimum Gasteiger partial charge on any atom is -0.356 e. The molecule has 2 N–H and O–H groups in total. The fraction of sp³-hybridized carbons (Fsp3) is 0.353. The lowest BCUT2D eigenvalue weighted by molar-refractivity contribution is 0.0896. The van der Waals surface area contributed by atoms with Crippen molar-refractivity contribution in [3.63, 3.8) is 0 Å². The summed E-state index contributed by atoms with van der Waals surface area (Å²) in [7, 11) is 0. The van der Waals surface area contributed by atoms with E-state index in [9.17, 15) is 4.79 Å². The van der Waals surface area contributed by atoms with Crippen LogP contribution in [0, 0.1) is 11.3 Å². The number of nitrogens with zero attached hydrogens (tertiary/aromatic N) is 3. The molecule has 0 aliphatic carbocycles. The van der Waals surface area contributed by atoms with Crippen LogP contribution in [-0.2, 0) is 6.54 Å². The molecule has 1 fully saturated rings. The molecule has 2 aromatic rings. The molecule has 6 nitrogen and oxygen atoms in total. The zero-order chi connectivity index (χ0) is 16.1. The van der Waals surface area contributed by atoms with Gasteiger partial charge in [0.25, 0.3) is 5.91 Å². The minimum absolute atomic E-state index is 0.127. The van der Waals surface area contributed by atoms with Crippen molar-refractivity contribution in [3.8, 4) is 6.07 Å². The molecular formula is C17H19N5O. The number of nitriles is 1. The number of aromatic nitrogens is 2. The molecule has 118 valence electrons. The summed E-state index contributed by atoms with van der Waals surface area (Å²) in [6.45, 7) is 2.70.